The summed E-state index contributed by atoms with van der Waals surface area (Å²) in [6.45, 7) is 0.746. The highest BCUT2D eigenvalue weighted by Crippen LogP contribution is 2.33. The maximum absolute atomic E-state index is 12.6. The van der Waals surface area contributed by atoms with Gasteiger partial charge in [-0.15, -0.1) is 0 Å². The van der Waals surface area contributed by atoms with E-state index in [0.717, 1.165) is 0 Å². The van der Waals surface area contributed by atoms with E-state index in [9.17, 15) is 9.59 Å². The van der Waals surface area contributed by atoms with Crippen molar-refractivity contribution in [3.63, 3.8) is 0 Å². The number of carboxylic acids is 1. The number of para-hydroxylation sites is 1. The molecule has 0 unspecified atom stereocenters. The lowest BCUT2D eigenvalue weighted by Crippen LogP contribution is -2.41. The quantitative estimate of drug-likeness (QED) is 0.623. The third-order valence-electron chi connectivity index (χ3n) is 4.35. The smallest absolute Gasteiger partial charge is 0.335 e. The summed E-state index contributed by atoms with van der Waals surface area (Å²) in [5.74, 6) is -0.0441. The molecule has 0 fully saturated rings. The van der Waals surface area contributed by atoms with Crippen molar-refractivity contribution in [1.29, 1.82) is 0 Å². The highest BCUT2D eigenvalue weighted by Gasteiger charge is 2.25. The van der Waals surface area contributed by atoms with Gasteiger partial charge in [0.25, 0.3) is 0 Å². The van der Waals surface area contributed by atoms with Crippen molar-refractivity contribution in [3.05, 3.63) is 72.4 Å². The second kappa shape index (κ2) is 7.89. The third-order valence-corrected chi connectivity index (χ3v) is 4.35. The Hall–Kier alpha value is -4.07. The SMILES string of the molecule is O=C(O)c1ccc(Nc2cnc3c(c2)OCCN3C(=O)Nc2ccccc2)cc1. The van der Waals surface area contributed by atoms with E-state index >= 15 is 0 Å². The van der Waals surface area contributed by atoms with Gasteiger partial charge in [-0.3, -0.25) is 4.90 Å². The number of carbonyl (C=O) groups excluding carboxylic acids is 1. The van der Waals surface area contributed by atoms with Gasteiger partial charge in [-0.05, 0) is 36.4 Å². The van der Waals surface area contributed by atoms with Crippen molar-refractivity contribution in [3.8, 4) is 5.75 Å². The minimum Gasteiger partial charge on any atom is -0.488 e. The Labute approximate surface area is 166 Å². The van der Waals surface area contributed by atoms with Gasteiger partial charge >= 0.3 is 12.0 Å². The third kappa shape index (κ3) is 4.11. The first-order valence-electron chi connectivity index (χ1n) is 8.97. The summed E-state index contributed by atoms with van der Waals surface area (Å²) in [6, 6.07) is 17.1. The number of urea groups is 1. The molecule has 3 aromatic rings. The maximum atomic E-state index is 12.6. The van der Waals surface area contributed by atoms with E-state index in [1.165, 1.54) is 17.0 Å². The van der Waals surface area contributed by atoms with E-state index in [-0.39, 0.29) is 11.6 Å². The number of pyridine rings is 1. The molecule has 1 aliphatic rings. The molecular weight excluding hydrogens is 372 g/mol. The number of nitrogens with one attached hydrogen (secondary N) is 2. The second-order valence-electron chi connectivity index (χ2n) is 6.35. The number of carboxylic acid groups (broad SMARTS) is 1. The van der Waals surface area contributed by atoms with Crippen LogP contribution in [-0.4, -0.2) is 35.2 Å². The summed E-state index contributed by atoms with van der Waals surface area (Å²) in [5, 5.41) is 15.0. The molecule has 2 amide bonds. The van der Waals surface area contributed by atoms with E-state index < -0.39 is 5.97 Å². The second-order valence-corrected chi connectivity index (χ2v) is 6.35. The van der Waals surface area contributed by atoms with Crippen LogP contribution in [0.2, 0.25) is 0 Å². The maximum Gasteiger partial charge on any atom is 0.335 e. The molecule has 8 heteroatoms. The molecule has 0 bridgehead atoms. The first-order valence-corrected chi connectivity index (χ1v) is 8.97. The molecule has 0 atom stereocenters. The molecule has 0 spiro atoms. The van der Waals surface area contributed by atoms with E-state index in [2.05, 4.69) is 15.6 Å². The van der Waals surface area contributed by atoms with Crippen LogP contribution in [0, 0.1) is 0 Å². The normalized spacial score (nSPS) is 12.5. The molecule has 1 aromatic heterocycles. The molecule has 0 aliphatic carbocycles. The van der Waals surface area contributed by atoms with Crippen LogP contribution < -0.4 is 20.3 Å². The van der Waals surface area contributed by atoms with E-state index in [1.54, 1.807) is 24.4 Å². The average molecular weight is 390 g/mol. The lowest BCUT2D eigenvalue weighted by Gasteiger charge is -2.28. The highest BCUT2D eigenvalue weighted by molar-refractivity contribution is 6.02. The Balaban J connectivity index is 1.50. The Morgan fingerprint density at radius 2 is 1.76 bits per heavy atom. The van der Waals surface area contributed by atoms with Gasteiger partial charge in [-0.2, -0.15) is 0 Å². The number of anilines is 4. The summed E-state index contributed by atoms with van der Waals surface area (Å²) in [4.78, 5) is 29.5. The number of aromatic nitrogens is 1. The van der Waals surface area contributed by atoms with Crippen LogP contribution in [0.1, 0.15) is 10.4 Å². The van der Waals surface area contributed by atoms with Gasteiger partial charge in [-0.1, -0.05) is 18.2 Å². The molecule has 0 saturated heterocycles. The van der Waals surface area contributed by atoms with Crippen molar-refractivity contribution in [2.45, 2.75) is 0 Å². The molecule has 2 heterocycles. The van der Waals surface area contributed by atoms with Crippen LogP contribution in [0.4, 0.5) is 27.7 Å². The van der Waals surface area contributed by atoms with Gasteiger partial charge in [0.15, 0.2) is 11.6 Å². The van der Waals surface area contributed by atoms with E-state index in [1.807, 2.05) is 30.3 Å². The molecule has 3 N–H and O–H groups in total. The average Bonchev–Trinajstić information content (AvgIpc) is 2.74. The van der Waals surface area contributed by atoms with Crippen LogP contribution in [0.25, 0.3) is 0 Å². The number of fused-ring (bicyclic) bond motifs is 1. The molecule has 4 rings (SSSR count). The first kappa shape index (κ1) is 18.3. The van der Waals surface area contributed by atoms with Crippen LogP contribution in [0.5, 0.6) is 5.75 Å². The molecule has 0 radical (unpaired) electrons. The van der Waals surface area contributed by atoms with Crippen LogP contribution >= 0.6 is 0 Å². The Kier molecular flexibility index (Phi) is 4.98. The molecule has 146 valence electrons. The fourth-order valence-electron chi connectivity index (χ4n) is 2.94. The van der Waals surface area contributed by atoms with Gasteiger partial charge in [0.1, 0.15) is 6.61 Å². The van der Waals surface area contributed by atoms with Crippen molar-refractivity contribution < 1.29 is 19.4 Å². The number of rotatable bonds is 4. The zero-order valence-electron chi connectivity index (χ0n) is 15.3. The lowest BCUT2D eigenvalue weighted by molar-refractivity contribution is 0.0697. The summed E-state index contributed by atoms with van der Waals surface area (Å²) in [7, 11) is 0. The Bertz CT molecular complexity index is 1040. The van der Waals surface area contributed by atoms with E-state index in [4.69, 9.17) is 9.84 Å². The summed E-state index contributed by atoms with van der Waals surface area (Å²) < 4.78 is 5.68. The molecule has 0 saturated carbocycles. The Morgan fingerprint density at radius 3 is 2.48 bits per heavy atom. The topological polar surface area (TPSA) is 104 Å². The monoisotopic (exact) mass is 390 g/mol. The van der Waals surface area contributed by atoms with Gasteiger partial charge in [-0.25, -0.2) is 14.6 Å². The summed E-state index contributed by atoms with van der Waals surface area (Å²) in [6.07, 6.45) is 1.60. The first-order chi connectivity index (χ1) is 14.1. The molecule has 8 nitrogen and oxygen atoms in total. The highest BCUT2D eigenvalue weighted by atomic mass is 16.5. The number of ether oxygens (including phenoxy) is 1. The fourth-order valence-corrected chi connectivity index (χ4v) is 2.94. The predicted molar refractivity (Wildman–Crippen MR) is 109 cm³/mol. The van der Waals surface area contributed by atoms with Crippen molar-refractivity contribution >= 4 is 34.9 Å². The zero-order chi connectivity index (χ0) is 20.2. The van der Waals surface area contributed by atoms with Gasteiger partial charge < -0.3 is 20.5 Å². The molecule has 29 heavy (non-hydrogen) atoms. The molecule has 2 aromatic carbocycles. The number of hydrogen-bond acceptors (Lipinski definition) is 5. The molecular formula is C21H18N4O4. The molecule has 1 aliphatic heterocycles. The van der Waals surface area contributed by atoms with Crippen LogP contribution in [0.15, 0.2) is 66.9 Å². The predicted octanol–water partition coefficient (Wildman–Crippen LogP) is 3.95. The largest absolute Gasteiger partial charge is 0.488 e. The van der Waals surface area contributed by atoms with Crippen molar-refractivity contribution in [2.75, 3.05) is 28.7 Å². The van der Waals surface area contributed by atoms with Crippen molar-refractivity contribution in [2.24, 2.45) is 0 Å². The number of nitrogens with zero attached hydrogens (tertiary/aromatic N) is 2. The number of aromatic carboxylic acids is 1. The van der Waals surface area contributed by atoms with Crippen LogP contribution in [0.3, 0.4) is 0 Å². The Morgan fingerprint density at radius 1 is 1.00 bits per heavy atom. The number of hydrogen-bond donors (Lipinski definition) is 3. The van der Waals surface area contributed by atoms with Crippen molar-refractivity contribution in [1.82, 2.24) is 4.98 Å². The van der Waals surface area contributed by atoms with Gasteiger partial charge in [0.2, 0.25) is 0 Å². The van der Waals surface area contributed by atoms with Gasteiger partial charge in [0.05, 0.1) is 24.0 Å². The minimum atomic E-state index is -0.978. The van der Waals surface area contributed by atoms with Crippen LogP contribution in [-0.2, 0) is 0 Å². The number of amides is 2. The zero-order valence-corrected chi connectivity index (χ0v) is 15.3. The fraction of sp³-hybridized carbons (Fsp3) is 0.0952. The van der Waals surface area contributed by atoms with E-state index in [0.29, 0.717) is 41.8 Å². The standard InChI is InChI=1S/C21H18N4O4/c26-20(27)14-6-8-16(9-7-14)23-17-12-18-19(22-13-17)25(10-11-29-18)21(28)24-15-4-2-1-3-5-15/h1-9,12-13,23H,10-11H2,(H,24,28)(H,26,27). The minimum absolute atomic E-state index is 0.211. The number of carbonyl (C=O) groups is 2. The number of benzene rings is 2. The lowest BCUT2D eigenvalue weighted by atomic mass is 10.2. The summed E-state index contributed by atoms with van der Waals surface area (Å²) in [5.41, 5.74) is 2.29. The van der Waals surface area contributed by atoms with Gasteiger partial charge in [0, 0.05) is 17.4 Å². The summed E-state index contributed by atoms with van der Waals surface area (Å²) >= 11 is 0.